The SMILES string of the molecule is CCCn1c(=NC(=O)c2ccc(C)c(C)c2)c(C(=O)OCC)cc2c(=O)n3cccc(C)c3nc21. The highest BCUT2D eigenvalue weighted by Crippen LogP contribution is 2.15. The van der Waals surface area contributed by atoms with Crippen LogP contribution in [0, 0.1) is 20.8 Å². The monoisotopic (exact) mass is 472 g/mol. The number of rotatable bonds is 5. The number of carbonyl (C=O) groups is 2. The molecule has 3 aromatic heterocycles. The van der Waals surface area contributed by atoms with Crippen LogP contribution in [0.3, 0.4) is 0 Å². The first-order valence-electron chi connectivity index (χ1n) is 11.7. The van der Waals surface area contributed by atoms with Crippen LogP contribution in [-0.4, -0.2) is 32.4 Å². The zero-order valence-electron chi connectivity index (χ0n) is 20.6. The van der Waals surface area contributed by atoms with E-state index in [2.05, 4.69) is 4.99 Å². The van der Waals surface area contributed by atoms with E-state index in [9.17, 15) is 14.4 Å². The number of aryl methyl sites for hydroxylation is 4. The minimum atomic E-state index is -0.653. The third-order valence-electron chi connectivity index (χ3n) is 6.01. The van der Waals surface area contributed by atoms with Crippen molar-refractivity contribution in [2.45, 2.75) is 47.6 Å². The Balaban J connectivity index is 2.13. The Morgan fingerprint density at radius 3 is 2.46 bits per heavy atom. The molecule has 0 aliphatic heterocycles. The predicted molar refractivity (Wildman–Crippen MR) is 134 cm³/mol. The average molecular weight is 473 g/mol. The van der Waals surface area contributed by atoms with Crippen molar-refractivity contribution < 1.29 is 14.3 Å². The molecule has 8 nitrogen and oxygen atoms in total. The number of amides is 1. The number of esters is 1. The number of fused-ring (bicyclic) bond motifs is 2. The largest absolute Gasteiger partial charge is 0.462 e. The van der Waals surface area contributed by atoms with E-state index in [1.165, 1.54) is 10.5 Å². The molecule has 1 aromatic carbocycles. The summed E-state index contributed by atoms with van der Waals surface area (Å²) in [6, 6.07) is 10.4. The van der Waals surface area contributed by atoms with Gasteiger partial charge in [0.1, 0.15) is 16.9 Å². The fraction of sp³-hybridized carbons (Fsp3) is 0.296. The number of ether oxygens (including phenoxy) is 1. The summed E-state index contributed by atoms with van der Waals surface area (Å²) in [5.41, 5.74) is 4.01. The Morgan fingerprint density at radius 1 is 1.00 bits per heavy atom. The first-order valence-corrected chi connectivity index (χ1v) is 11.7. The lowest BCUT2D eigenvalue weighted by atomic mass is 10.1. The van der Waals surface area contributed by atoms with Gasteiger partial charge in [0.25, 0.3) is 11.5 Å². The molecule has 0 saturated carbocycles. The van der Waals surface area contributed by atoms with Gasteiger partial charge in [0, 0.05) is 18.3 Å². The van der Waals surface area contributed by atoms with Gasteiger partial charge in [0.05, 0.1) is 12.0 Å². The Morgan fingerprint density at radius 2 is 1.77 bits per heavy atom. The van der Waals surface area contributed by atoms with Gasteiger partial charge in [-0.2, -0.15) is 4.99 Å². The molecule has 3 heterocycles. The van der Waals surface area contributed by atoms with Crippen molar-refractivity contribution >= 4 is 28.6 Å². The van der Waals surface area contributed by atoms with Gasteiger partial charge in [-0.05, 0) is 75.1 Å². The van der Waals surface area contributed by atoms with Gasteiger partial charge in [-0.3, -0.25) is 14.0 Å². The smallest absolute Gasteiger partial charge is 0.341 e. The fourth-order valence-corrected chi connectivity index (χ4v) is 4.04. The molecule has 0 spiro atoms. The highest BCUT2D eigenvalue weighted by molar-refractivity contribution is 5.97. The van der Waals surface area contributed by atoms with Crippen molar-refractivity contribution in [1.82, 2.24) is 14.0 Å². The van der Waals surface area contributed by atoms with Crippen molar-refractivity contribution in [2.75, 3.05) is 6.61 Å². The molecule has 0 N–H and O–H groups in total. The quantitative estimate of drug-likeness (QED) is 0.324. The molecule has 0 bridgehead atoms. The lowest BCUT2D eigenvalue weighted by Crippen LogP contribution is -2.33. The van der Waals surface area contributed by atoms with Crippen LogP contribution in [0.4, 0.5) is 0 Å². The number of benzene rings is 1. The average Bonchev–Trinajstić information content (AvgIpc) is 2.83. The first kappa shape index (κ1) is 24.1. The summed E-state index contributed by atoms with van der Waals surface area (Å²) in [5, 5.41) is 0.252. The third-order valence-corrected chi connectivity index (χ3v) is 6.01. The Kier molecular flexibility index (Phi) is 6.64. The van der Waals surface area contributed by atoms with Gasteiger partial charge in [-0.25, -0.2) is 9.78 Å². The summed E-state index contributed by atoms with van der Waals surface area (Å²) in [7, 11) is 0. The van der Waals surface area contributed by atoms with Crippen molar-refractivity contribution in [3.05, 3.63) is 86.3 Å². The van der Waals surface area contributed by atoms with Crippen molar-refractivity contribution in [2.24, 2.45) is 4.99 Å². The summed E-state index contributed by atoms with van der Waals surface area (Å²) in [6.07, 6.45) is 2.31. The van der Waals surface area contributed by atoms with Gasteiger partial charge >= 0.3 is 5.97 Å². The van der Waals surface area contributed by atoms with E-state index in [4.69, 9.17) is 9.72 Å². The maximum absolute atomic E-state index is 13.4. The van der Waals surface area contributed by atoms with Gasteiger partial charge < -0.3 is 9.30 Å². The van der Waals surface area contributed by atoms with Crippen LogP contribution in [0.25, 0.3) is 16.7 Å². The van der Waals surface area contributed by atoms with Crippen molar-refractivity contribution in [1.29, 1.82) is 0 Å². The van der Waals surface area contributed by atoms with Gasteiger partial charge in [-0.1, -0.05) is 19.1 Å². The topological polar surface area (TPSA) is 95.0 Å². The molecule has 8 heteroatoms. The number of carbonyl (C=O) groups excluding carboxylic acids is 2. The van der Waals surface area contributed by atoms with Gasteiger partial charge in [-0.15, -0.1) is 0 Å². The molecule has 0 aliphatic carbocycles. The maximum atomic E-state index is 13.4. The molecule has 4 rings (SSSR count). The summed E-state index contributed by atoms with van der Waals surface area (Å²) in [6.45, 7) is 9.97. The van der Waals surface area contributed by atoms with E-state index >= 15 is 0 Å². The molecule has 0 saturated heterocycles. The Labute approximate surface area is 202 Å². The molecule has 180 valence electrons. The summed E-state index contributed by atoms with van der Waals surface area (Å²) < 4.78 is 8.40. The Hall–Kier alpha value is -4.07. The van der Waals surface area contributed by atoms with Gasteiger partial charge in [0.15, 0.2) is 5.49 Å². The van der Waals surface area contributed by atoms with Crippen LogP contribution < -0.4 is 11.0 Å². The minimum absolute atomic E-state index is 0.0523. The minimum Gasteiger partial charge on any atom is -0.462 e. The maximum Gasteiger partial charge on any atom is 0.341 e. The van der Waals surface area contributed by atoms with E-state index in [0.29, 0.717) is 29.8 Å². The number of aromatic nitrogens is 3. The van der Waals surface area contributed by atoms with Crippen LogP contribution in [-0.2, 0) is 11.3 Å². The van der Waals surface area contributed by atoms with Crippen LogP contribution in [0.2, 0.25) is 0 Å². The van der Waals surface area contributed by atoms with Crippen LogP contribution in [0.1, 0.15) is 57.7 Å². The lowest BCUT2D eigenvalue weighted by Gasteiger charge is -2.15. The number of hydrogen-bond donors (Lipinski definition) is 0. The zero-order chi connectivity index (χ0) is 25.3. The number of nitrogens with zero attached hydrogens (tertiary/aromatic N) is 4. The first-order chi connectivity index (χ1) is 16.8. The molecular formula is C27H28N4O4. The molecule has 35 heavy (non-hydrogen) atoms. The van der Waals surface area contributed by atoms with Gasteiger partial charge in [0.2, 0.25) is 0 Å². The highest BCUT2D eigenvalue weighted by atomic mass is 16.5. The van der Waals surface area contributed by atoms with E-state index in [1.807, 2.05) is 39.8 Å². The van der Waals surface area contributed by atoms with Crippen LogP contribution in [0.15, 0.2) is 52.4 Å². The van der Waals surface area contributed by atoms with Crippen LogP contribution in [0.5, 0.6) is 0 Å². The lowest BCUT2D eigenvalue weighted by molar-refractivity contribution is 0.0523. The van der Waals surface area contributed by atoms with E-state index in [1.54, 1.807) is 35.9 Å². The summed E-state index contributed by atoms with van der Waals surface area (Å²) in [5.74, 6) is -1.14. The number of hydrogen-bond acceptors (Lipinski definition) is 5. The van der Waals surface area contributed by atoms with Crippen molar-refractivity contribution in [3.8, 4) is 0 Å². The molecule has 0 fully saturated rings. The predicted octanol–water partition coefficient (Wildman–Crippen LogP) is 3.90. The second kappa shape index (κ2) is 9.66. The number of pyridine rings is 2. The summed E-state index contributed by atoms with van der Waals surface area (Å²) in [4.78, 5) is 48.8. The van der Waals surface area contributed by atoms with Crippen molar-refractivity contribution in [3.63, 3.8) is 0 Å². The fourth-order valence-electron chi connectivity index (χ4n) is 4.04. The van der Waals surface area contributed by atoms with E-state index in [-0.39, 0.29) is 28.6 Å². The standard InChI is InChI=1S/C27H28N4O4/c1-6-12-30-23-20(26(33)31-13-8-9-17(4)22(31)28-23)15-21(27(34)35-7-2)24(30)29-25(32)19-11-10-16(3)18(5)14-19/h8-11,13-15H,6-7,12H2,1-5H3. The normalized spacial score (nSPS) is 11.9. The molecule has 0 aliphatic rings. The Bertz CT molecular complexity index is 1610. The van der Waals surface area contributed by atoms with E-state index < -0.39 is 11.9 Å². The van der Waals surface area contributed by atoms with E-state index in [0.717, 1.165) is 16.7 Å². The second-order valence-corrected chi connectivity index (χ2v) is 8.51. The van der Waals surface area contributed by atoms with Crippen LogP contribution >= 0.6 is 0 Å². The summed E-state index contributed by atoms with van der Waals surface area (Å²) >= 11 is 0. The molecular weight excluding hydrogens is 444 g/mol. The molecule has 0 radical (unpaired) electrons. The molecule has 0 unspecified atom stereocenters. The third kappa shape index (κ3) is 4.39. The molecule has 1 amide bonds. The highest BCUT2D eigenvalue weighted by Gasteiger charge is 2.20. The second-order valence-electron chi connectivity index (χ2n) is 8.51. The zero-order valence-corrected chi connectivity index (χ0v) is 20.6. The molecule has 4 aromatic rings. The molecule has 0 atom stereocenters.